The molecule has 8 heteroatoms. The van der Waals surface area contributed by atoms with Crippen molar-refractivity contribution >= 4 is 12.3 Å². The van der Waals surface area contributed by atoms with Crippen molar-refractivity contribution in [2.45, 2.75) is 97.1 Å². The Morgan fingerprint density at radius 2 is 2.00 bits per heavy atom. The number of aliphatic carboxylic acids is 1. The normalized spacial score (nSPS) is 50.1. The lowest BCUT2D eigenvalue weighted by Crippen LogP contribution is -2.63. The minimum absolute atomic E-state index is 0.00453. The van der Waals surface area contributed by atoms with Crippen LogP contribution in [-0.2, 0) is 33.3 Å². The first-order valence-corrected chi connectivity index (χ1v) is 14.5. The highest BCUT2D eigenvalue weighted by Crippen LogP contribution is 2.82. The summed E-state index contributed by atoms with van der Waals surface area (Å²) in [4.78, 5) is 26.8. The quantitative estimate of drug-likeness (QED) is 0.367. The van der Waals surface area contributed by atoms with Crippen molar-refractivity contribution in [3.8, 4) is 0 Å². The Hall–Kier alpha value is -1.32. The van der Waals surface area contributed by atoms with Gasteiger partial charge in [-0.25, -0.2) is 0 Å². The van der Waals surface area contributed by atoms with Crippen LogP contribution in [0.5, 0.6) is 0 Å². The summed E-state index contributed by atoms with van der Waals surface area (Å²) in [5.74, 6) is -0.643. The topological polar surface area (TPSA) is 101 Å². The van der Waals surface area contributed by atoms with Crippen LogP contribution in [0.4, 0.5) is 0 Å². The van der Waals surface area contributed by atoms with Crippen LogP contribution in [0.15, 0.2) is 11.6 Å². The van der Waals surface area contributed by atoms with Crippen molar-refractivity contribution in [1.82, 2.24) is 0 Å². The molecule has 1 N–H and O–H groups in total. The molecule has 0 radical (unpaired) electrons. The zero-order valence-corrected chi connectivity index (χ0v) is 23.6. The summed E-state index contributed by atoms with van der Waals surface area (Å²) in [6.07, 6.45) is 5.75. The smallest absolute Gasteiger partial charge is 0.315 e. The van der Waals surface area contributed by atoms with Crippen LogP contribution in [0.25, 0.3) is 0 Å². The molecule has 11 atom stereocenters. The SMILES string of the molecule is COC[C@H]1O[C@@H](OCC23CC4C(C)CCC4C4(C=O)CC2C=C(C(C)C)C43C(=O)O)C[C@@H]2OC(C)(C)O[C@@H]21. The fourth-order valence-electron chi connectivity index (χ4n) is 10.2. The van der Waals surface area contributed by atoms with Gasteiger partial charge in [-0.05, 0) is 62.7 Å². The Labute approximate surface area is 225 Å². The summed E-state index contributed by atoms with van der Waals surface area (Å²) in [7, 11) is 1.63. The fourth-order valence-corrected chi connectivity index (χ4v) is 10.2. The van der Waals surface area contributed by atoms with Crippen LogP contribution in [0.3, 0.4) is 0 Å². The Morgan fingerprint density at radius 3 is 2.66 bits per heavy atom. The zero-order chi connectivity index (χ0) is 27.3. The number of ether oxygens (including phenoxy) is 5. The standard InChI is InChI=1S/C30H44O8/c1-16(2)21-9-18-11-28(14-31)20-8-7-17(3)19(20)12-29(18,30(21,28)26(32)33)15-35-24-10-22-25(23(36-24)13-34-6)38-27(4,5)37-22/h9,14,16-20,22-25H,7-8,10-13,15H2,1-6H3,(H,32,33)/t17?,18?,19?,20?,22-,23+,24+,25-,28?,29?,30?/m0/s1. The molecule has 0 amide bonds. The van der Waals surface area contributed by atoms with Crippen LogP contribution >= 0.6 is 0 Å². The van der Waals surface area contributed by atoms with Crippen molar-refractivity contribution in [3.63, 3.8) is 0 Å². The third-order valence-corrected chi connectivity index (χ3v) is 11.3. The van der Waals surface area contributed by atoms with E-state index in [0.717, 1.165) is 31.1 Å². The van der Waals surface area contributed by atoms with Crippen LogP contribution in [0.1, 0.15) is 66.7 Å². The van der Waals surface area contributed by atoms with Gasteiger partial charge in [0, 0.05) is 18.9 Å². The highest BCUT2D eigenvalue weighted by molar-refractivity contribution is 5.90. The number of rotatable bonds is 8. The number of carbonyl (C=O) groups is 2. The molecule has 2 saturated heterocycles. The molecule has 8 nitrogen and oxygen atoms in total. The van der Waals surface area contributed by atoms with E-state index >= 15 is 0 Å². The molecule has 7 unspecified atom stereocenters. The summed E-state index contributed by atoms with van der Waals surface area (Å²) < 4.78 is 30.7. The van der Waals surface area contributed by atoms with E-state index in [-0.39, 0.29) is 42.7 Å². The second-order valence-electron chi connectivity index (χ2n) is 13.7. The number of hydrogen-bond donors (Lipinski definition) is 1. The molecule has 5 fully saturated rings. The predicted molar refractivity (Wildman–Crippen MR) is 137 cm³/mol. The Morgan fingerprint density at radius 1 is 1.24 bits per heavy atom. The van der Waals surface area contributed by atoms with Crippen molar-refractivity contribution in [1.29, 1.82) is 0 Å². The number of carboxylic acid groups (broad SMARTS) is 1. The minimum Gasteiger partial charge on any atom is -0.481 e. The molecule has 0 spiro atoms. The zero-order valence-electron chi connectivity index (χ0n) is 23.6. The second-order valence-corrected chi connectivity index (χ2v) is 13.7. The molecular weight excluding hydrogens is 488 g/mol. The van der Waals surface area contributed by atoms with Crippen LogP contribution < -0.4 is 0 Å². The Balaban J connectivity index is 1.36. The van der Waals surface area contributed by atoms with E-state index in [1.807, 2.05) is 13.8 Å². The molecule has 2 aliphatic heterocycles. The summed E-state index contributed by atoms with van der Waals surface area (Å²) in [5.41, 5.74) is -1.89. The van der Waals surface area contributed by atoms with Crippen LogP contribution in [0.2, 0.25) is 0 Å². The molecule has 6 rings (SSSR count). The maximum Gasteiger partial charge on any atom is 0.315 e. The van der Waals surface area contributed by atoms with Gasteiger partial charge in [0.05, 0.1) is 24.7 Å². The summed E-state index contributed by atoms with van der Waals surface area (Å²) in [6, 6.07) is 0. The monoisotopic (exact) mass is 532 g/mol. The van der Waals surface area contributed by atoms with Gasteiger partial charge in [0.15, 0.2) is 12.1 Å². The molecule has 38 heavy (non-hydrogen) atoms. The highest BCUT2D eigenvalue weighted by atomic mass is 16.8. The van der Waals surface area contributed by atoms with Gasteiger partial charge in [0.1, 0.15) is 23.9 Å². The molecule has 2 heterocycles. The van der Waals surface area contributed by atoms with Gasteiger partial charge in [-0.3, -0.25) is 4.79 Å². The third-order valence-electron chi connectivity index (χ3n) is 11.3. The minimum atomic E-state index is -1.25. The van der Waals surface area contributed by atoms with Crippen molar-refractivity contribution < 1.29 is 38.4 Å². The van der Waals surface area contributed by atoms with Gasteiger partial charge < -0.3 is 33.6 Å². The number of methoxy groups -OCH3 is 1. The van der Waals surface area contributed by atoms with Gasteiger partial charge in [-0.15, -0.1) is 0 Å². The van der Waals surface area contributed by atoms with Gasteiger partial charge in [-0.1, -0.05) is 38.8 Å². The average molecular weight is 533 g/mol. The van der Waals surface area contributed by atoms with Gasteiger partial charge >= 0.3 is 5.97 Å². The molecule has 0 aromatic carbocycles. The van der Waals surface area contributed by atoms with Gasteiger partial charge in [-0.2, -0.15) is 0 Å². The fraction of sp³-hybridized carbons (Fsp3) is 0.867. The maximum atomic E-state index is 13.6. The maximum absolute atomic E-state index is 13.6. The molecular formula is C30H44O8. The first-order valence-electron chi connectivity index (χ1n) is 14.5. The summed E-state index contributed by atoms with van der Waals surface area (Å²) in [5, 5.41) is 11.2. The van der Waals surface area contributed by atoms with E-state index in [1.54, 1.807) is 7.11 Å². The van der Waals surface area contributed by atoms with E-state index in [1.165, 1.54) is 0 Å². The third kappa shape index (κ3) is 3.27. The predicted octanol–water partition coefficient (Wildman–Crippen LogP) is 4.21. The van der Waals surface area contributed by atoms with Crippen molar-refractivity contribution in [2.24, 2.45) is 45.8 Å². The lowest BCUT2D eigenvalue weighted by molar-refractivity contribution is -0.258. The number of allylic oxidation sites excluding steroid dienone is 1. The van der Waals surface area contributed by atoms with E-state index in [0.29, 0.717) is 31.3 Å². The van der Waals surface area contributed by atoms with Gasteiger partial charge in [0.25, 0.3) is 0 Å². The number of aldehydes is 1. The molecule has 0 aromatic rings. The molecule has 0 aromatic heterocycles. The van der Waals surface area contributed by atoms with Crippen LogP contribution in [-0.4, -0.2) is 68.1 Å². The number of carboxylic acids is 1. The average Bonchev–Trinajstić information content (AvgIpc) is 3.52. The second kappa shape index (κ2) is 8.84. The van der Waals surface area contributed by atoms with E-state index < -0.39 is 34.3 Å². The Bertz CT molecular complexity index is 1020. The first-order chi connectivity index (χ1) is 18.0. The summed E-state index contributed by atoms with van der Waals surface area (Å²) in [6.45, 7) is 10.8. The molecule has 3 saturated carbocycles. The number of fused-ring (bicyclic) bond motifs is 3. The molecule has 212 valence electrons. The van der Waals surface area contributed by atoms with Gasteiger partial charge in [0.2, 0.25) is 0 Å². The molecule has 4 bridgehead atoms. The first kappa shape index (κ1) is 26.9. The number of carbonyl (C=O) groups excluding carboxylic acids is 1. The van der Waals surface area contributed by atoms with Crippen molar-refractivity contribution in [3.05, 3.63) is 11.6 Å². The van der Waals surface area contributed by atoms with Crippen molar-refractivity contribution in [2.75, 3.05) is 20.3 Å². The largest absolute Gasteiger partial charge is 0.481 e. The van der Waals surface area contributed by atoms with Crippen LogP contribution in [0, 0.1) is 45.8 Å². The molecule has 6 aliphatic rings. The summed E-state index contributed by atoms with van der Waals surface area (Å²) >= 11 is 0. The highest BCUT2D eigenvalue weighted by Gasteiger charge is 2.84. The van der Waals surface area contributed by atoms with E-state index in [2.05, 4.69) is 26.8 Å². The lowest BCUT2D eigenvalue weighted by Gasteiger charge is -2.58. The Kier molecular flexibility index (Phi) is 6.25. The van der Waals surface area contributed by atoms with E-state index in [9.17, 15) is 14.7 Å². The lowest BCUT2D eigenvalue weighted by atomic mass is 9.43. The number of hydrogen-bond acceptors (Lipinski definition) is 7. The molecule has 4 aliphatic carbocycles. The van der Waals surface area contributed by atoms with E-state index in [4.69, 9.17) is 23.7 Å².